The summed E-state index contributed by atoms with van der Waals surface area (Å²) >= 11 is 0. The molecule has 0 N–H and O–H groups in total. The van der Waals surface area contributed by atoms with Crippen LogP contribution in [0.3, 0.4) is 0 Å². The van der Waals surface area contributed by atoms with Crippen molar-refractivity contribution in [3.05, 3.63) is 95.6 Å². The summed E-state index contributed by atoms with van der Waals surface area (Å²) in [7, 11) is 3.50. The SMILES string of the molecule is COc1cccc(C[C@H](C2CCN(C(=O)Cc3ccc(F)cc3)CC2)N(C)C(=O)c2cccnc2)c1. The Balaban J connectivity index is 1.46. The number of likely N-dealkylation sites (tertiary alicyclic amines) is 1. The Labute approximate surface area is 211 Å². The summed E-state index contributed by atoms with van der Waals surface area (Å²) in [6.07, 6.45) is 5.80. The third-order valence-electron chi connectivity index (χ3n) is 7.01. The minimum Gasteiger partial charge on any atom is -0.497 e. The highest BCUT2D eigenvalue weighted by atomic mass is 19.1. The maximum absolute atomic E-state index is 13.3. The molecule has 0 spiro atoms. The van der Waals surface area contributed by atoms with E-state index in [1.54, 1.807) is 43.8 Å². The number of aromatic nitrogens is 1. The first-order chi connectivity index (χ1) is 17.4. The van der Waals surface area contributed by atoms with Crippen molar-refractivity contribution in [1.29, 1.82) is 0 Å². The van der Waals surface area contributed by atoms with Gasteiger partial charge in [0.2, 0.25) is 5.91 Å². The second kappa shape index (κ2) is 11.8. The van der Waals surface area contributed by atoms with E-state index in [2.05, 4.69) is 11.1 Å². The molecule has 1 aliphatic rings. The zero-order valence-corrected chi connectivity index (χ0v) is 20.8. The molecule has 2 heterocycles. The monoisotopic (exact) mass is 489 g/mol. The molecule has 2 amide bonds. The van der Waals surface area contributed by atoms with Crippen LogP contribution in [0.4, 0.5) is 4.39 Å². The number of methoxy groups -OCH3 is 1. The van der Waals surface area contributed by atoms with Crippen LogP contribution < -0.4 is 4.74 Å². The fourth-order valence-electron chi connectivity index (χ4n) is 4.93. The number of likely N-dealkylation sites (N-methyl/N-ethyl adjacent to an activating group) is 1. The summed E-state index contributed by atoms with van der Waals surface area (Å²) in [5, 5.41) is 0. The lowest BCUT2D eigenvalue weighted by Gasteiger charge is -2.40. The highest BCUT2D eigenvalue weighted by Gasteiger charge is 2.33. The molecule has 6 nitrogen and oxygen atoms in total. The van der Waals surface area contributed by atoms with Crippen LogP contribution in [-0.4, -0.2) is 59.9 Å². The normalized spacial score (nSPS) is 14.8. The summed E-state index contributed by atoms with van der Waals surface area (Å²) in [6, 6.07) is 17.5. The van der Waals surface area contributed by atoms with Gasteiger partial charge >= 0.3 is 0 Å². The standard InChI is InChI=1S/C29H32FN3O3/c1-32(29(35)24-6-4-14-31-20-24)27(18-22-5-3-7-26(17-22)36-2)23-12-15-33(16-13-23)28(34)19-21-8-10-25(30)11-9-21/h3-11,14,17,20,23,27H,12-13,15-16,18-19H2,1-2H3/t27-/m1/s1. The van der Waals surface area contributed by atoms with Gasteiger partial charge in [0.25, 0.3) is 5.91 Å². The fourth-order valence-corrected chi connectivity index (χ4v) is 4.93. The van der Waals surface area contributed by atoms with Crippen LogP contribution in [0.2, 0.25) is 0 Å². The van der Waals surface area contributed by atoms with E-state index in [0.29, 0.717) is 25.1 Å². The van der Waals surface area contributed by atoms with Crippen molar-refractivity contribution >= 4 is 11.8 Å². The number of benzene rings is 2. The van der Waals surface area contributed by atoms with Crippen LogP contribution in [0.25, 0.3) is 0 Å². The van der Waals surface area contributed by atoms with E-state index in [0.717, 1.165) is 29.7 Å². The number of rotatable bonds is 8. The van der Waals surface area contributed by atoms with Crippen LogP contribution in [0.5, 0.6) is 5.75 Å². The molecular weight excluding hydrogens is 457 g/mol. The van der Waals surface area contributed by atoms with Gasteiger partial charge in [0, 0.05) is 38.6 Å². The number of piperidine rings is 1. The van der Waals surface area contributed by atoms with Gasteiger partial charge in [-0.3, -0.25) is 14.6 Å². The van der Waals surface area contributed by atoms with Gasteiger partial charge in [-0.05, 0) is 72.7 Å². The van der Waals surface area contributed by atoms with E-state index < -0.39 is 0 Å². The van der Waals surface area contributed by atoms with E-state index in [1.807, 2.05) is 35.0 Å². The van der Waals surface area contributed by atoms with Gasteiger partial charge in [0.05, 0.1) is 19.1 Å². The first-order valence-electron chi connectivity index (χ1n) is 12.3. The number of halogens is 1. The Bertz CT molecular complexity index is 1160. The molecule has 0 bridgehead atoms. The number of carbonyl (C=O) groups is 2. The molecule has 0 unspecified atom stereocenters. The van der Waals surface area contributed by atoms with Crippen LogP contribution in [-0.2, 0) is 17.6 Å². The van der Waals surface area contributed by atoms with E-state index >= 15 is 0 Å². The van der Waals surface area contributed by atoms with Crippen LogP contribution in [0.15, 0.2) is 73.1 Å². The van der Waals surface area contributed by atoms with Crippen molar-refractivity contribution in [1.82, 2.24) is 14.8 Å². The summed E-state index contributed by atoms with van der Waals surface area (Å²) in [4.78, 5) is 34.0. The molecule has 0 radical (unpaired) electrons. The molecule has 4 rings (SSSR count). The molecule has 1 fully saturated rings. The first-order valence-corrected chi connectivity index (χ1v) is 12.3. The molecule has 1 atom stereocenters. The smallest absolute Gasteiger partial charge is 0.255 e. The van der Waals surface area contributed by atoms with Crippen molar-refractivity contribution < 1.29 is 18.7 Å². The van der Waals surface area contributed by atoms with E-state index in [9.17, 15) is 14.0 Å². The fraction of sp³-hybridized carbons (Fsp3) is 0.345. The molecule has 7 heteroatoms. The van der Waals surface area contributed by atoms with Crippen LogP contribution >= 0.6 is 0 Å². The average Bonchev–Trinajstić information content (AvgIpc) is 2.93. The van der Waals surface area contributed by atoms with Gasteiger partial charge in [0.15, 0.2) is 0 Å². The third kappa shape index (κ3) is 6.27. The quantitative estimate of drug-likeness (QED) is 0.471. The van der Waals surface area contributed by atoms with Crippen LogP contribution in [0.1, 0.15) is 34.3 Å². The lowest BCUT2D eigenvalue weighted by Crippen LogP contribution is -2.48. The van der Waals surface area contributed by atoms with Crippen molar-refractivity contribution in [2.45, 2.75) is 31.7 Å². The zero-order chi connectivity index (χ0) is 25.5. The highest BCUT2D eigenvalue weighted by molar-refractivity contribution is 5.94. The van der Waals surface area contributed by atoms with Gasteiger partial charge < -0.3 is 14.5 Å². The van der Waals surface area contributed by atoms with Gasteiger partial charge in [-0.1, -0.05) is 24.3 Å². The molecule has 0 aliphatic carbocycles. The van der Waals surface area contributed by atoms with Gasteiger partial charge in [-0.25, -0.2) is 4.39 Å². The largest absolute Gasteiger partial charge is 0.497 e. The van der Waals surface area contributed by atoms with Gasteiger partial charge in [-0.2, -0.15) is 0 Å². The number of nitrogens with zero attached hydrogens (tertiary/aromatic N) is 3. The molecule has 188 valence electrons. The second-order valence-electron chi connectivity index (χ2n) is 9.30. The minimum atomic E-state index is -0.306. The van der Waals surface area contributed by atoms with Crippen molar-refractivity contribution in [3.8, 4) is 5.75 Å². The average molecular weight is 490 g/mol. The molecule has 2 aromatic carbocycles. The Morgan fingerprint density at radius 1 is 1.08 bits per heavy atom. The molecule has 3 aromatic rings. The maximum atomic E-state index is 13.3. The molecule has 36 heavy (non-hydrogen) atoms. The molecule has 1 aliphatic heterocycles. The van der Waals surface area contributed by atoms with Gasteiger partial charge in [-0.15, -0.1) is 0 Å². The lowest BCUT2D eigenvalue weighted by molar-refractivity contribution is -0.132. The molecule has 1 saturated heterocycles. The molecule has 0 saturated carbocycles. The Hall–Kier alpha value is -3.74. The predicted octanol–water partition coefficient (Wildman–Crippen LogP) is 4.39. The number of hydrogen-bond acceptors (Lipinski definition) is 4. The highest BCUT2D eigenvalue weighted by Crippen LogP contribution is 2.28. The van der Waals surface area contributed by atoms with E-state index in [4.69, 9.17) is 4.74 Å². The van der Waals surface area contributed by atoms with Crippen molar-refractivity contribution in [3.63, 3.8) is 0 Å². The van der Waals surface area contributed by atoms with Crippen molar-refractivity contribution in [2.24, 2.45) is 5.92 Å². The number of amides is 2. The second-order valence-corrected chi connectivity index (χ2v) is 9.30. The molecule has 1 aromatic heterocycles. The number of pyridine rings is 1. The maximum Gasteiger partial charge on any atom is 0.255 e. The van der Waals surface area contributed by atoms with Crippen LogP contribution in [0, 0.1) is 11.7 Å². The van der Waals surface area contributed by atoms with Gasteiger partial charge in [0.1, 0.15) is 11.6 Å². The minimum absolute atomic E-state index is 0.0424. The third-order valence-corrected chi connectivity index (χ3v) is 7.01. The topological polar surface area (TPSA) is 62.7 Å². The van der Waals surface area contributed by atoms with E-state index in [1.165, 1.54) is 12.1 Å². The Kier molecular flexibility index (Phi) is 8.31. The number of carbonyl (C=O) groups excluding carboxylic acids is 2. The summed E-state index contributed by atoms with van der Waals surface area (Å²) in [5.41, 5.74) is 2.46. The van der Waals surface area contributed by atoms with Crippen molar-refractivity contribution in [2.75, 3.05) is 27.2 Å². The van der Waals surface area contributed by atoms with E-state index in [-0.39, 0.29) is 36.0 Å². The first kappa shape index (κ1) is 25.4. The zero-order valence-electron chi connectivity index (χ0n) is 20.8. The Morgan fingerprint density at radius 2 is 1.83 bits per heavy atom. The number of hydrogen-bond donors (Lipinski definition) is 0. The summed E-state index contributed by atoms with van der Waals surface area (Å²) in [6.45, 7) is 1.27. The predicted molar refractivity (Wildman–Crippen MR) is 136 cm³/mol. The summed E-state index contributed by atoms with van der Waals surface area (Å²) in [5.74, 6) is 0.694. The lowest BCUT2D eigenvalue weighted by atomic mass is 9.84. The molecular formula is C29H32FN3O3. The number of ether oxygens (including phenoxy) is 1. The Morgan fingerprint density at radius 3 is 2.50 bits per heavy atom. The summed E-state index contributed by atoms with van der Waals surface area (Å²) < 4.78 is 18.6.